The number of aromatic carboxylic acids is 1. The van der Waals surface area contributed by atoms with E-state index in [1.807, 2.05) is 7.05 Å². The van der Waals surface area contributed by atoms with E-state index in [2.05, 4.69) is 10.2 Å². The highest BCUT2D eigenvalue weighted by atomic mass is 19.1. The summed E-state index contributed by atoms with van der Waals surface area (Å²) in [5.74, 6) is -1.93. The number of carboxylic acids is 1. The van der Waals surface area contributed by atoms with E-state index >= 15 is 0 Å². The minimum atomic E-state index is -1.22. The molecule has 0 bridgehead atoms. The van der Waals surface area contributed by atoms with E-state index in [4.69, 9.17) is 10.8 Å². The van der Waals surface area contributed by atoms with Crippen molar-refractivity contribution in [1.82, 2.24) is 4.90 Å². The Balaban J connectivity index is 2.27. The number of hydrogen-bond acceptors (Lipinski definition) is 4. The number of likely N-dealkylation sites (tertiary alicyclic amines) is 1. The molecule has 1 aliphatic rings. The summed E-state index contributed by atoms with van der Waals surface area (Å²) >= 11 is 0. The number of nitrogen functional groups attached to an aromatic ring is 1. The van der Waals surface area contributed by atoms with Crippen molar-refractivity contribution >= 4 is 17.3 Å². The van der Waals surface area contributed by atoms with Gasteiger partial charge in [0.25, 0.3) is 0 Å². The summed E-state index contributed by atoms with van der Waals surface area (Å²) < 4.78 is 13.3. The standard InChI is InChI=1S/C12H16FN3O2/c1-16-5-4-7(6-16)15-9-3-2-8(13)11(14)10(9)12(17)18/h2-3,7,15H,4-6,14H2,1H3,(H,17,18). The van der Waals surface area contributed by atoms with Crippen LogP contribution in [0.2, 0.25) is 0 Å². The molecule has 6 heteroatoms. The highest BCUT2D eigenvalue weighted by Gasteiger charge is 2.23. The van der Waals surface area contributed by atoms with Crippen LogP contribution < -0.4 is 11.1 Å². The van der Waals surface area contributed by atoms with Crippen LogP contribution in [0.4, 0.5) is 15.8 Å². The Bertz CT molecular complexity index is 479. The number of benzene rings is 1. The molecule has 0 amide bonds. The molecule has 1 heterocycles. The molecular weight excluding hydrogens is 237 g/mol. The maximum Gasteiger partial charge on any atom is 0.340 e. The third-order valence-corrected chi connectivity index (χ3v) is 3.16. The molecule has 1 unspecified atom stereocenters. The number of rotatable bonds is 3. The quantitative estimate of drug-likeness (QED) is 0.706. The second kappa shape index (κ2) is 4.81. The summed E-state index contributed by atoms with van der Waals surface area (Å²) in [5, 5.41) is 12.2. The Labute approximate surface area is 104 Å². The van der Waals surface area contributed by atoms with Crippen LogP contribution in [0.5, 0.6) is 0 Å². The first-order valence-electron chi connectivity index (χ1n) is 5.75. The van der Waals surface area contributed by atoms with Crippen LogP contribution in [0.25, 0.3) is 0 Å². The van der Waals surface area contributed by atoms with Gasteiger partial charge < -0.3 is 21.1 Å². The molecule has 1 fully saturated rings. The molecule has 0 aliphatic carbocycles. The molecule has 4 N–H and O–H groups in total. The van der Waals surface area contributed by atoms with Crippen LogP contribution in [-0.4, -0.2) is 42.2 Å². The van der Waals surface area contributed by atoms with Gasteiger partial charge >= 0.3 is 5.97 Å². The average molecular weight is 253 g/mol. The third kappa shape index (κ3) is 2.38. The van der Waals surface area contributed by atoms with E-state index in [-0.39, 0.29) is 17.3 Å². The first kappa shape index (κ1) is 12.6. The minimum absolute atomic E-state index is 0.165. The van der Waals surface area contributed by atoms with Gasteiger partial charge in [-0.05, 0) is 32.1 Å². The Morgan fingerprint density at radius 1 is 1.61 bits per heavy atom. The van der Waals surface area contributed by atoms with Crippen molar-refractivity contribution in [2.75, 3.05) is 31.2 Å². The van der Waals surface area contributed by atoms with Gasteiger partial charge in [0, 0.05) is 12.6 Å². The predicted octanol–water partition coefficient (Wildman–Crippen LogP) is 1.22. The Hall–Kier alpha value is -1.82. The smallest absolute Gasteiger partial charge is 0.340 e. The number of carboxylic acid groups (broad SMARTS) is 1. The molecule has 0 spiro atoms. The third-order valence-electron chi connectivity index (χ3n) is 3.16. The summed E-state index contributed by atoms with van der Waals surface area (Å²) in [6.45, 7) is 1.78. The van der Waals surface area contributed by atoms with E-state index in [9.17, 15) is 9.18 Å². The molecule has 1 aromatic carbocycles. The topological polar surface area (TPSA) is 78.6 Å². The Kier molecular flexibility index (Phi) is 3.38. The lowest BCUT2D eigenvalue weighted by Gasteiger charge is -2.17. The van der Waals surface area contributed by atoms with Crippen molar-refractivity contribution in [2.24, 2.45) is 0 Å². The highest BCUT2D eigenvalue weighted by molar-refractivity contribution is 6.00. The van der Waals surface area contributed by atoms with Crippen LogP contribution in [0.15, 0.2) is 12.1 Å². The fourth-order valence-corrected chi connectivity index (χ4v) is 2.22. The molecule has 5 nitrogen and oxygen atoms in total. The summed E-state index contributed by atoms with van der Waals surface area (Å²) in [7, 11) is 2.00. The molecule has 1 atom stereocenters. The number of nitrogens with zero attached hydrogens (tertiary/aromatic N) is 1. The number of hydrogen-bond donors (Lipinski definition) is 3. The maximum atomic E-state index is 13.3. The van der Waals surface area contributed by atoms with Crippen molar-refractivity contribution in [1.29, 1.82) is 0 Å². The second-order valence-corrected chi connectivity index (χ2v) is 4.58. The number of anilines is 2. The first-order valence-corrected chi connectivity index (χ1v) is 5.75. The maximum absolute atomic E-state index is 13.3. The van der Waals surface area contributed by atoms with Gasteiger partial charge in [-0.3, -0.25) is 0 Å². The van der Waals surface area contributed by atoms with Crippen LogP contribution in [-0.2, 0) is 0 Å². The fourth-order valence-electron chi connectivity index (χ4n) is 2.22. The normalized spacial score (nSPS) is 20.0. The van der Waals surface area contributed by atoms with Crippen molar-refractivity contribution in [3.63, 3.8) is 0 Å². The van der Waals surface area contributed by atoms with Gasteiger partial charge in [-0.25, -0.2) is 9.18 Å². The number of halogens is 1. The largest absolute Gasteiger partial charge is 0.478 e. The molecular formula is C12H16FN3O2. The van der Waals surface area contributed by atoms with Gasteiger partial charge in [0.15, 0.2) is 0 Å². The summed E-state index contributed by atoms with van der Waals surface area (Å²) in [5.41, 5.74) is 5.35. The SMILES string of the molecule is CN1CCC(Nc2ccc(F)c(N)c2C(=O)O)C1. The lowest BCUT2D eigenvalue weighted by Crippen LogP contribution is -2.25. The van der Waals surface area contributed by atoms with E-state index in [0.29, 0.717) is 5.69 Å². The highest BCUT2D eigenvalue weighted by Crippen LogP contribution is 2.26. The van der Waals surface area contributed by atoms with Crippen LogP contribution in [0.1, 0.15) is 16.8 Å². The second-order valence-electron chi connectivity index (χ2n) is 4.58. The zero-order chi connectivity index (χ0) is 13.3. The number of likely N-dealkylation sites (N-methyl/N-ethyl adjacent to an activating group) is 1. The Morgan fingerprint density at radius 2 is 2.33 bits per heavy atom. The summed E-state index contributed by atoms with van der Waals surface area (Å²) in [6, 6.07) is 2.77. The number of carbonyl (C=O) groups is 1. The van der Waals surface area contributed by atoms with Gasteiger partial charge in [0.05, 0.1) is 11.4 Å². The first-order chi connectivity index (χ1) is 8.49. The van der Waals surface area contributed by atoms with E-state index in [1.165, 1.54) is 12.1 Å². The van der Waals surface area contributed by atoms with Gasteiger partial charge in [-0.1, -0.05) is 0 Å². The molecule has 0 aromatic heterocycles. The Morgan fingerprint density at radius 3 is 2.89 bits per heavy atom. The zero-order valence-corrected chi connectivity index (χ0v) is 10.1. The minimum Gasteiger partial charge on any atom is -0.478 e. The van der Waals surface area contributed by atoms with Gasteiger partial charge in [-0.15, -0.1) is 0 Å². The van der Waals surface area contributed by atoms with Gasteiger partial charge in [0.1, 0.15) is 11.4 Å². The molecule has 1 aromatic rings. The molecule has 0 radical (unpaired) electrons. The van der Waals surface area contributed by atoms with Crippen LogP contribution in [0.3, 0.4) is 0 Å². The molecule has 0 saturated carbocycles. The summed E-state index contributed by atoms with van der Waals surface area (Å²) in [6.07, 6.45) is 0.923. The lowest BCUT2D eigenvalue weighted by atomic mass is 10.1. The van der Waals surface area contributed by atoms with Gasteiger partial charge in [0.2, 0.25) is 0 Å². The molecule has 2 rings (SSSR count). The van der Waals surface area contributed by atoms with Crippen LogP contribution in [0, 0.1) is 5.82 Å². The van der Waals surface area contributed by atoms with E-state index < -0.39 is 11.8 Å². The zero-order valence-electron chi connectivity index (χ0n) is 10.1. The van der Waals surface area contributed by atoms with Crippen molar-refractivity contribution < 1.29 is 14.3 Å². The average Bonchev–Trinajstić information content (AvgIpc) is 2.69. The fraction of sp³-hybridized carbons (Fsp3) is 0.417. The van der Waals surface area contributed by atoms with E-state index in [0.717, 1.165) is 19.5 Å². The molecule has 1 saturated heterocycles. The molecule has 98 valence electrons. The van der Waals surface area contributed by atoms with Gasteiger partial charge in [-0.2, -0.15) is 0 Å². The molecule has 1 aliphatic heterocycles. The summed E-state index contributed by atoms with van der Waals surface area (Å²) in [4.78, 5) is 13.3. The molecule has 18 heavy (non-hydrogen) atoms. The lowest BCUT2D eigenvalue weighted by molar-refractivity contribution is 0.0698. The predicted molar refractivity (Wildman–Crippen MR) is 67.3 cm³/mol. The monoisotopic (exact) mass is 253 g/mol. The van der Waals surface area contributed by atoms with E-state index in [1.54, 1.807) is 0 Å². The van der Waals surface area contributed by atoms with Crippen molar-refractivity contribution in [2.45, 2.75) is 12.5 Å². The number of nitrogens with one attached hydrogen (secondary N) is 1. The van der Waals surface area contributed by atoms with Crippen LogP contribution >= 0.6 is 0 Å². The van der Waals surface area contributed by atoms with Crippen molar-refractivity contribution in [3.05, 3.63) is 23.5 Å². The number of nitrogens with two attached hydrogens (primary N) is 1. The van der Waals surface area contributed by atoms with Crippen molar-refractivity contribution in [3.8, 4) is 0 Å².